The summed E-state index contributed by atoms with van der Waals surface area (Å²) in [4.78, 5) is 17.1. The Morgan fingerprint density at radius 1 is 1.32 bits per heavy atom. The molecule has 0 unspecified atom stereocenters. The van der Waals surface area contributed by atoms with Crippen LogP contribution in [0.15, 0.2) is 12.3 Å². The van der Waals surface area contributed by atoms with Crippen LogP contribution in [0.4, 0.5) is 0 Å². The molecular weight excluding hydrogens is 320 g/mol. The fourth-order valence-corrected chi connectivity index (χ4v) is 4.32. The van der Waals surface area contributed by atoms with Crippen LogP contribution in [0.5, 0.6) is 0 Å². The Bertz CT molecular complexity index is 581. The smallest absolute Gasteiger partial charge is 0.274 e. The van der Waals surface area contributed by atoms with Crippen LogP contribution in [-0.4, -0.2) is 85.1 Å². The van der Waals surface area contributed by atoms with Gasteiger partial charge in [-0.05, 0) is 30.7 Å². The van der Waals surface area contributed by atoms with Crippen LogP contribution in [0.1, 0.15) is 29.8 Å². The minimum Gasteiger partial charge on any atom is -0.383 e. The molecule has 0 radical (unpaired) electrons. The molecule has 0 aliphatic carbocycles. The van der Waals surface area contributed by atoms with Gasteiger partial charge in [0.1, 0.15) is 5.69 Å². The minimum atomic E-state index is 0.0538. The molecule has 2 aliphatic heterocycles. The minimum absolute atomic E-state index is 0.0538. The summed E-state index contributed by atoms with van der Waals surface area (Å²) >= 11 is 0. The number of carbonyl (C=O) groups excluding carboxylic acids is 1. The maximum Gasteiger partial charge on any atom is 0.274 e. The second kappa shape index (κ2) is 7.85. The van der Waals surface area contributed by atoms with Crippen molar-refractivity contribution in [2.75, 3.05) is 53.6 Å². The Kier molecular flexibility index (Phi) is 5.76. The van der Waals surface area contributed by atoms with Crippen LogP contribution in [0, 0.1) is 5.41 Å². The summed E-state index contributed by atoms with van der Waals surface area (Å²) in [6, 6.07) is 2.25. The number of piperidine rings is 1. The molecule has 2 fully saturated rings. The molecule has 25 heavy (non-hydrogen) atoms. The van der Waals surface area contributed by atoms with Crippen LogP contribution in [-0.2, 0) is 16.5 Å². The SMILES string of the molecule is COCCN1CC2(CCN(C(=O)c3ccn(C)n3)CC2)C[C@@H]1COC. The third kappa shape index (κ3) is 4.04. The topological polar surface area (TPSA) is 59.8 Å². The maximum absolute atomic E-state index is 12.6. The highest BCUT2D eigenvalue weighted by Crippen LogP contribution is 2.43. The fourth-order valence-electron chi connectivity index (χ4n) is 4.32. The predicted molar refractivity (Wildman–Crippen MR) is 94.5 cm³/mol. The lowest BCUT2D eigenvalue weighted by Gasteiger charge is -2.39. The molecule has 2 aliphatic rings. The number of amides is 1. The monoisotopic (exact) mass is 350 g/mol. The fraction of sp³-hybridized carbons (Fsp3) is 0.778. The Morgan fingerprint density at radius 2 is 2.08 bits per heavy atom. The lowest BCUT2D eigenvalue weighted by atomic mass is 9.76. The zero-order valence-electron chi connectivity index (χ0n) is 15.6. The largest absolute Gasteiger partial charge is 0.383 e. The molecule has 3 heterocycles. The van der Waals surface area contributed by atoms with Crippen LogP contribution in [0.25, 0.3) is 0 Å². The van der Waals surface area contributed by atoms with Gasteiger partial charge < -0.3 is 14.4 Å². The zero-order chi connectivity index (χ0) is 17.9. The molecule has 1 spiro atoms. The van der Waals surface area contributed by atoms with Crippen molar-refractivity contribution in [1.82, 2.24) is 19.6 Å². The van der Waals surface area contributed by atoms with E-state index < -0.39 is 0 Å². The first-order valence-electron chi connectivity index (χ1n) is 9.08. The van der Waals surface area contributed by atoms with Crippen LogP contribution in [0.2, 0.25) is 0 Å². The molecular formula is C18H30N4O3. The van der Waals surface area contributed by atoms with Gasteiger partial charge >= 0.3 is 0 Å². The van der Waals surface area contributed by atoms with E-state index in [2.05, 4.69) is 10.00 Å². The summed E-state index contributed by atoms with van der Waals surface area (Å²) in [5.74, 6) is 0.0538. The van der Waals surface area contributed by atoms with Gasteiger partial charge in [-0.2, -0.15) is 5.10 Å². The van der Waals surface area contributed by atoms with Gasteiger partial charge in [-0.1, -0.05) is 0 Å². The molecule has 7 heteroatoms. The lowest BCUT2D eigenvalue weighted by molar-refractivity contribution is 0.0576. The summed E-state index contributed by atoms with van der Waals surface area (Å²) in [7, 11) is 5.36. The number of hydrogen-bond acceptors (Lipinski definition) is 5. The van der Waals surface area contributed by atoms with Gasteiger partial charge in [0.05, 0.1) is 13.2 Å². The molecule has 0 bridgehead atoms. The number of likely N-dealkylation sites (tertiary alicyclic amines) is 2. The van der Waals surface area contributed by atoms with Crippen LogP contribution in [0.3, 0.4) is 0 Å². The quantitative estimate of drug-likeness (QED) is 0.766. The first-order chi connectivity index (χ1) is 12.1. The maximum atomic E-state index is 12.6. The van der Waals surface area contributed by atoms with E-state index in [1.807, 2.05) is 18.1 Å². The summed E-state index contributed by atoms with van der Waals surface area (Å²) in [6.07, 6.45) is 5.07. The summed E-state index contributed by atoms with van der Waals surface area (Å²) < 4.78 is 12.4. The Hall–Kier alpha value is -1.44. The summed E-state index contributed by atoms with van der Waals surface area (Å²) in [5.41, 5.74) is 0.849. The second-order valence-electron chi connectivity index (χ2n) is 7.44. The van der Waals surface area contributed by atoms with E-state index in [4.69, 9.17) is 9.47 Å². The molecule has 0 saturated carbocycles. The van der Waals surface area contributed by atoms with Crippen molar-refractivity contribution in [3.8, 4) is 0 Å². The molecule has 140 valence electrons. The highest BCUT2D eigenvalue weighted by molar-refractivity contribution is 5.92. The number of aryl methyl sites for hydroxylation is 1. The third-order valence-corrected chi connectivity index (χ3v) is 5.71. The van der Waals surface area contributed by atoms with E-state index >= 15 is 0 Å². The number of nitrogens with zero attached hydrogens (tertiary/aromatic N) is 4. The van der Waals surface area contributed by atoms with Crippen molar-refractivity contribution in [2.45, 2.75) is 25.3 Å². The van der Waals surface area contributed by atoms with Gasteiger partial charge in [0.2, 0.25) is 0 Å². The van der Waals surface area contributed by atoms with Crippen molar-refractivity contribution in [3.63, 3.8) is 0 Å². The molecule has 7 nitrogen and oxygen atoms in total. The highest BCUT2D eigenvalue weighted by Gasteiger charge is 2.45. The number of methoxy groups -OCH3 is 2. The average Bonchev–Trinajstić information content (AvgIpc) is 3.18. The van der Waals surface area contributed by atoms with E-state index in [0.717, 1.165) is 58.7 Å². The Balaban J connectivity index is 1.59. The zero-order valence-corrected chi connectivity index (χ0v) is 15.6. The number of rotatable bonds is 6. The first kappa shape index (κ1) is 18.4. The summed E-state index contributed by atoms with van der Waals surface area (Å²) in [6.45, 7) is 5.17. The van der Waals surface area contributed by atoms with Gasteiger partial charge in [-0.25, -0.2) is 0 Å². The van der Waals surface area contributed by atoms with Crippen molar-refractivity contribution < 1.29 is 14.3 Å². The molecule has 2 saturated heterocycles. The normalized spacial score (nSPS) is 23.5. The summed E-state index contributed by atoms with van der Waals surface area (Å²) in [5, 5.41) is 4.24. The van der Waals surface area contributed by atoms with Gasteiger partial charge in [0.25, 0.3) is 5.91 Å². The van der Waals surface area contributed by atoms with E-state index in [1.165, 1.54) is 0 Å². The molecule has 1 atom stereocenters. The Morgan fingerprint density at radius 3 is 2.68 bits per heavy atom. The molecule has 0 N–H and O–H groups in total. The third-order valence-electron chi connectivity index (χ3n) is 5.71. The van der Waals surface area contributed by atoms with E-state index in [9.17, 15) is 4.79 Å². The molecule has 0 aromatic carbocycles. The number of hydrogen-bond donors (Lipinski definition) is 0. The van der Waals surface area contributed by atoms with Gasteiger partial charge in [-0.3, -0.25) is 14.4 Å². The van der Waals surface area contributed by atoms with E-state index in [-0.39, 0.29) is 5.91 Å². The van der Waals surface area contributed by atoms with Crippen molar-refractivity contribution >= 4 is 5.91 Å². The van der Waals surface area contributed by atoms with E-state index in [1.54, 1.807) is 25.0 Å². The van der Waals surface area contributed by atoms with Crippen molar-refractivity contribution in [1.29, 1.82) is 0 Å². The Labute approximate surface area is 149 Å². The van der Waals surface area contributed by atoms with E-state index in [0.29, 0.717) is 17.2 Å². The molecule has 3 rings (SSSR count). The van der Waals surface area contributed by atoms with Gasteiger partial charge in [-0.15, -0.1) is 0 Å². The highest BCUT2D eigenvalue weighted by atomic mass is 16.5. The number of ether oxygens (including phenoxy) is 2. The second-order valence-corrected chi connectivity index (χ2v) is 7.44. The van der Waals surface area contributed by atoms with Crippen molar-refractivity contribution in [3.05, 3.63) is 18.0 Å². The average molecular weight is 350 g/mol. The molecule has 1 amide bonds. The number of aromatic nitrogens is 2. The van der Waals surface area contributed by atoms with Crippen molar-refractivity contribution in [2.24, 2.45) is 12.5 Å². The van der Waals surface area contributed by atoms with Crippen LogP contribution < -0.4 is 0 Å². The van der Waals surface area contributed by atoms with Gasteiger partial charge in [0, 0.05) is 59.7 Å². The first-order valence-corrected chi connectivity index (χ1v) is 9.08. The lowest BCUT2D eigenvalue weighted by Crippen LogP contribution is -2.44. The predicted octanol–water partition coefficient (Wildman–Crippen LogP) is 1.01. The standard InChI is InChI=1S/C18H30N4O3/c1-20-7-4-16(19-20)17(23)21-8-5-18(6-9-21)12-15(13-25-3)22(14-18)10-11-24-2/h4,7,15H,5-6,8-14H2,1-3H3/t15-/m1/s1. The van der Waals surface area contributed by atoms with Crippen LogP contribution >= 0.6 is 0 Å². The van der Waals surface area contributed by atoms with Gasteiger partial charge in [0.15, 0.2) is 0 Å². The molecule has 1 aromatic heterocycles. The number of carbonyl (C=O) groups is 1. The molecule has 1 aromatic rings.